The molecule has 70 valence electrons. The van der Waals surface area contributed by atoms with Crippen LogP contribution in [0.2, 0.25) is 0 Å². The predicted molar refractivity (Wildman–Crippen MR) is 53.1 cm³/mol. The van der Waals surface area contributed by atoms with Crippen molar-refractivity contribution in [3.05, 3.63) is 22.7 Å². The van der Waals surface area contributed by atoms with Crippen molar-refractivity contribution in [3.63, 3.8) is 0 Å². The van der Waals surface area contributed by atoms with Crippen molar-refractivity contribution in [2.24, 2.45) is 0 Å². The number of phenols is 1. The summed E-state index contributed by atoms with van der Waals surface area (Å²) in [4.78, 5) is 0. The number of rotatable bonds is 2. The van der Waals surface area contributed by atoms with Gasteiger partial charge in [0.15, 0.2) is 11.5 Å². The molecule has 0 saturated carbocycles. The third-order valence-corrected chi connectivity index (χ3v) is 2.60. The van der Waals surface area contributed by atoms with Crippen molar-refractivity contribution in [2.75, 3.05) is 13.1 Å². The third kappa shape index (κ3) is 1.78. The van der Waals surface area contributed by atoms with E-state index in [4.69, 9.17) is 4.74 Å². The Morgan fingerprint density at radius 3 is 2.77 bits per heavy atom. The first-order valence-corrected chi connectivity index (χ1v) is 4.91. The molecule has 1 heterocycles. The standard InChI is InChI=1S/C9H10BrNO2/c10-7-2-1-3-8(12)9(7)13-6-4-11-5-6/h1-3,6,11-12H,4-5H2. The van der Waals surface area contributed by atoms with Crippen LogP contribution in [0, 0.1) is 0 Å². The number of halogens is 1. The summed E-state index contributed by atoms with van der Waals surface area (Å²) in [6, 6.07) is 5.23. The van der Waals surface area contributed by atoms with Crippen LogP contribution in [0.15, 0.2) is 22.7 Å². The summed E-state index contributed by atoms with van der Waals surface area (Å²) >= 11 is 3.32. The lowest BCUT2D eigenvalue weighted by molar-refractivity contribution is 0.136. The molecule has 0 bridgehead atoms. The van der Waals surface area contributed by atoms with Crippen LogP contribution in [0.25, 0.3) is 0 Å². The fraction of sp³-hybridized carbons (Fsp3) is 0.333. The second-order valence-electron chi connectivity index (χ2n) is 2.99. The quantitative estimate of drug-likeness (QED) is 0.828. The molecule has 1 aromatic carbocycles. The van der Waals surface area contributed by atoms with E-state index >= 15 is 0 Å². The van der Waals surface area contributed by atoms with Crippen LogP contribution >= 0.6 is 15.9 Å². The Morgan fingerprint density at radius 1 is 1.46 bits per heavy atom. The van der Waals surface area contributed by atoms with E-state index in [9.17, 15) is 5.11 Å². The Labute approximate surface area is 84.8 Å². The van der Waals surface area contributed by atoms with Crippen LogP contribution in [0.4, 0.5) is 0 Å². The van der Waals surface area contributed by atoms with Crippen LogP contribution in [0.1, 0.15) is 0 Å². The van der Waals surface area contributed by atoms with Gasteiger partial charge in [0.25, 0.3) is 0 Å². The van der Waals surface area contributed by atoms with Gasteiger partial charge in [0.05, 0.1) is 4.47 Å². The molecule has 1 saturated heterocycles. The normalized spacial score (nSPS) is 16.7. The monoisotopic (exact) mass is 243 g/mol. The summed E-state index contributed by atoms with van der Waals surface area (Å²) in [5.41, 5.74) is 0. The van der Waals surface area contributed by atoms with Gasteiger partial charge >= 0.3 is 0 Å². The summed E-state index contributed by atoms with van der Waals surface area (Å²) in [6.45, 7) is 1.70. The number of ether oxygens (including phenoxy) is 1. The van der Waals surface area contributed by atoms with E-state index in [2.05, 4.69) is 21.2 Å². The molecular weight excluding hydrogens is 234 g/mol. The molecule has 0 atom stereocenters. The fourth-order valence-corrected chi connectivity index (χ4v) is 1.58. The largest absolute Gasteiger partial charge is 0.504 e. The molecule has 0 spiro atoms. The Morgan fingerprint density at radius 2 is 2.23 bits per heavy atom. The Balaban J connectivity index is 2.17. The van der Waals surface area contributed by atoms with Gasteiger partial charge in [0.1, 0.15) is 6.10 Å². The second-order valence-corrected chi connectivity index (χ2v) is 3.84. The number of aromatic hydroxyl groups is 1. The minimum atomic E-state index is 0.182. The first kappa shape index (κ1) is 8.84. The van der Waals surface area contributed by atoms with E-state index in [1.54, 1.807) is 12.1 Å². The molecule has 2 N–H and O–H groups in total. The van der Waals surface area contributed by atoms with E-state index in [1.165, 1.54) is 0 Å². The van der Waals surface area contributed by atoms with Crippen molar-refractivity contribution >= 4 is 15.9 Å². The highest BCUT2D eigenvalue weighted by Gasteiger charge is 2.20. The summed E-state index contributed by atoms with van der Waals surface area (Å²) < 4.78 is 6.34. The zero-order valence-electron chi connectivity index (χ0n) is 6.96. The third-order valence-electron chi connectivity index (χ3n) is 1.97. The van der Waals surface area contributed by atoms with Gasteiger partial charge in [-0.05, 0) is 28.1 Å². The average molecular weight is 244 g/mol. The lowest BCUT2D eigenvalue weighted by atomic mass is 10.2. The zero-order chi connectivity index (χ0) is 9.26. The van der Waals surface area contributed by atoms with Gasteiger partial charge in [-0.3, -0.25) is 0 Å². The number of benzene rings is 1. The maximum absolute atomic E-state index is 9.48. The number of para-hydroxylation sites is 1. The maximum Gasteiger partial charge on any atom is 0.175 e. The van der Waals surface area contributed by atoms with Crippen molar-refractivity contribution < 1.29 is 9.84 Å². The average Bonchev–Trinajstić information content (AvgIpc) is 2.00. The van der Waals surface area contributed by atoms with Crippen LogP contribution in [-0.4, -0.2) is 24.3 Å². The molecule has 1 aliphatic rings. The molecule has 1 aromatic rings. The predicted octanol–water partition coefficient (Wildman–Crippen LogP) is 1.51. The van der Waals surface area contributed by atoms with E-state index in [0.29, 0.717) is 5.75 Å². The molecule has 4 heteroatoms. The molecule has 0 amide bonds. The van der Waals surface area contributed by atoms with Gasteiger partial charge < -0.3 is 15.2 Å². The van der Waals surface area contributed by atoms with E-state index in [1.807, 2.05) is 6.07 Å². The summed E-state index contributed by atoms with van der Waals surface area (Å²) in [6.07, 6.45) is 0.185. The smallest absolute Gasteiger partial charge is 0.175 e. The van der Waals surface area contributed by atoms with E-state index < -0.39 is 0 Å². The maximum atomic E-state index is 9.48. The van der Waals surface area contributed by atoms with Crippen molar-refractivity contribution in [1.82, 2.24) is 5.32 Å². The fourth-order valence-electron chi connectivity index (χ4n) is 1.13. The first-order chi connectivity index (χ1) is 6.27. The minimum absolute atomic E-state index is 0.182. The van der Waals surface area contributed by atoms with Gasteiger partial charge in [-0.2, -0.15) is 0 Å². The van der Waals surface area contributed by atoms with Gasteiger partial charge in [0, 0.05) is 13.1 Å². The Kier molecular flexibility index (Phi) is 2.42. The van der Waals surface area contributed by atoms with Crippen LogP contribution < -0.4 is 10.1 Å². The molecule has 0 aliphatic carbocycles. The highest BCUT2D eigenvalue weighted by Crippen LogP contribution is 2.34. The van der Waals surface area contributed by atoms with Gasteiger partial charge in [0.2, 0.25) is 0 Å². The highest BCUT2D eigenvalue weighted by molar-refractivity contribution is 9.10. The van der Waals surface area contributed by atoms with Gasteiger partial charge in [-0.15, -0.1) is 0 Å². The summed E-state index contributed by atoms with van der Waals surface area (Å²) in [5, 5.41) is 12.6. The Hall–Kier alpha value is -0.740. The lowest BCUT2D eigenvalue weighted by Crippen LogP contribution is -2.50. The Bertz CT molecular complexity index is 292. The first-order valence-electron chi connectivity index (χ1n) is 4.12. The molecule has 0 aromatic heterocycles. The molecule has 2 rings (SSSR count). The van der Waals surface area contributed by atoms with Gasteiger partial charge in [-0.25, -0.2) is 0 Å². The summed E-state index contributed by atoms with van der Waals surface area (Å²) in [7, 11) is 0. The van der Waals surface area contributed by atoms with Crippen LogP contribution in [-0.2, 0) is 0 Å². The number of hydrogen-bond donors (Lipinski definition) is 2. The van der Waals surface area contributed by atoms with E-state index in [0.717, 1.165) is 17.6 Å². The van der Waals surface area contributed by atoms with Crippen molar-refractivity contribution in [2.45, 2.75) is 6.10 Å². The molecule has 3 nitrogen and oxygen atoms in total. The SMILES string of the molecule is Oc1cccc(Br)c1OC1CNC1. The zero-order valence-corrected chi connectivity index (χ0v) is 8.54. The minimum Gasteiger partial charge on any atom is -0.504 e. The number of hydrogen-bond acceptors (Lipinski definition) is 3. The number of nitrogens with one attached hydrogen (secondary N) is 1. The lowest BCUT2D eigenvalue weighted by Gasteiger charge is -2.28. The topological polar surface area (TPSA) is 41.5 Å². The molecule has 0 radical (unpaired) electrons. The molecule has 0 unspecified atom stereocenters. The molecular formula is C9H10BrNO2. The van der Waals surface area contributed by atoms with Crippen molar-refractivity contribution in [3.8, 4) is 11.5 Å². The van der Waals surface area contributed by atoms with E-state index in [-0.39, 0.29) is 11.9 Å². The molecule has 13 heavy (non-hydrogen) atoms. The second kappa shape index (κ2) is 3.55. The molecule has 1 aliphatic heterocycles. The summed E-state index contributed by atoms with van der Waals surface area (Å²) in [5.74, 6) is 0.718. The highest BCUT2D eigenvalue weighted by atomic mass is 79.9. The van der Waals surface area contributed by atoms with Crippen molar-refractivity contribution in [1.29, 1.82) is 0 Å². The molecule has 1 fully saturated rings. The number of phenolic OH excluding ortho intramolecular Hbond substituents is 1. The van der Waals surface area contributed by atoms with Crippen LogP contribution in [0.5, 0.6) is 11.5 Å². The van der Waals surface area contributed by atoms with Gasteiger partial charge in [-0.1, -0.05) is 6.07 Å². The van der Waals surface area contributed by atoms with Crippen LogP contribution in [0.3, 0.4) is 0 Å².